The number of hydrogen-bond donors (Lipinski definition) is 2. The second-order valence-corrected chi connectivity index (χ2v) is 6.21. The number of hydrogen-bond acceptors (Lipinski definition) is 3. The lowest BCUT2D eigenvalue weighted by Crippen LogP contribution is -2.48. The highest BCUT2D eigenvalue weighted by Gasteiger charge is 2.28. The summed E-state index contributed by atoms with van der Waals surface area (Å²) < 4.78 is 0. The molecule has 3 heteroatoms. The van der Waals surface area contributed by atoms with E-state index in [1.54, 1.807) is 0 Å². The van der Waals surface area contributed by atoms with Crippen LogP contribution < -0.4 is 5.32 Å². The molecule has 0 aromatic rings. The fourth-order valence-corrected chi connectivity index (χ4v) is 2.66. The SMILES string of the molecule is CCCC1CCN(CC(C)(O)CNC(C)C)C1. The second-order valence-electron chi connectivity index (χ2n) is 6.21. The summed E-state index contributed by atoms with van der Waals surface area (Å²) >= 11 is 0. The number of likely N-dealkylation sites (tertiary alicyclic amines) is 1. The van der Waals surface area contributed by atoms with Gasteiger partial charge in [0.15, 0.2) is 0 Å². The molecule has 2 N–H and O–H groups in total. The molecule has 1 rings (SSSR count). The van der Waals surface area contributed by atoms with Gasteiger partial charge in [-0.1, -0.05) is 27.2 Å². The van der Waals surface area contributed by atoms with Gasteiger partial charge in [0, 0.05) is 25.7 Å². The van der Waals surface area contributed by atoms with Gasteiger partial charge < -0.3 is 15.3 Å². The number of nitrogens with one attached hydrogen (secondary N) is 1. The van der Waals surface area contributed by atoms with Gasteiger partial charge in [0.05, 0.1) is 5.60 Å². The van der Waals surface area contributed by atoms with Crippen molar-refractivity contribution in [2.45, 2.75) is 58.6 Å². The van der Waals surface area contributed by atoms with Crippen molar-refractivity contribution in [3.8, 4) is 0 Å². The summed E-state index contributed by atoms with van der Waals surface area (Å²) in [5.41, 5.74) is -0.606. The van der Waals surface area contributed by atoms with Gasteiger partial charge in [0.2, 0.25) is 0 Å². The molecular formula is C14H30N2O. The Bertz CT molecular complexity index is 216. The molecule has 3 nitrogen and oxygen atoms in total. The lowest BCUT2D eigenvalue weighted by Gasteiger charge is -2.30. The van der Waals surface area contributed by atoms with Gasteiger partial charge in [-0.05, 0) is 32.2 Å². The van der Waals surface area contributed by atoms with Crippen LogP contribution in [-0.4, -0.2) is 47.8 Å². The molecule has 0 aliphatic carbocycles. The molecule has 0 spiro atoms. The summed E-state index contributed by atoms with van der Waals surface area (Å²) in [5, 5.41) is 13.7. The van der Waals surface area contributed by atoms with E-state index >= 15 is 0 Å². The molecule has 2 unspecified atom stereocenters. The Labute approximate surface area is 107 Å². The number of nitrogens with zero attached hydrogens (tertiary/aromatic N) is 1. The van der Waals surface area contributed by atoms with Crippen molar-refractivity contribution in [2.24, 2.45) is 5.92 Å². The lowest BCUT2D eigenvalue weighted by atomic mass is 10.0. The average Bonchev–Trinajstić information content (AvgIpc) is 2.63. The van der Waals surface area contributed by atoms with Crippen LogP contribution in [0.15, 0.2) is 0 Å². The van der Waals surface area contributed by atoms with E-state index in [2.05, 4.69) is 31.0 Å². The van der Waals surface area contributed by atoms with Crippen molar-refractivity contribution in [2.75, 3.05) is 26.2 Å². The molecule has 2 atom stereocenters. The zero-order valence-corrected chi connectivity index (χ0v) is 12.0. The Morgan fingerprint density at radius 2 is 2.18 bits per heavy atom. The zero-order chi connectivity index (χ0) is 12.9. The molecule has 1 aliphatic heterocycles. The van der Waals surface area contributed by atoms with Gasteiger partial charge in [-0.3, -0.25) is 0 Å². The summed E-state index contributed by atoms with van der Waals surface area (Å²) in [6, 6.07) is 0.438. The summed E-state index contributed by atoms with van der Waals surface area (Å²) in [5.74, 6) is 0.855. The van der Waals surface area contributed by atoms with Crippen molar-refractivity contribution in [3.05, 3.63) is 0 Å². The van der Waals surface area contributed by atoms with E-state index in [1.165, 1.54) is 25.8 Å². The molecule has 1 fully saturated rings. The van der Waals surface area contributed by atoms with Gasteiger partial charge in [-0.2, -0.15) is 0 Å². The summed E-state index contributed by atoms with van der Waals surface area (Å²) in [7, 11) is 0. The van der Waals surface area contributed by atoms with Crippen LogP contribution in [0.1, 0.15) is 47.0 Å². The molecule has 102 valence electrons. The summed E-state index contributed by atoms with van der Waals surface area (Å²) in [6.07, 6.45) is 3.92. The third kappa shape index (κ3) is 5.84. The highest BCUT2D eigenvalue weighted by molar-refractivity contribution is 4.84. The van der Waals surface area contributed by atoms with Gasteiger partial charge in [0.25, 0.3) is 0 Å². The molecular weight excluding hydrogens is 212 g/mol. The van der Waals surface area contributed by atoms with Gasteiger partial charge in [-0.25, -0.2) is 0 Å². The highest BCUT2D eigenvalue weighted by atomic mass is 16.3. The molecule has 0 saturated carbocycles. The fraction of sp³-hybridized carbons (Fsp3) is 1.00. The van der Waals surface area contributed by atoms with Crippen LogP contribution in [-0.2, 0) is 0 Å². The van der Waals surface area contributed by atoms with Crippen LogP contribution >= 0.6 is 0 Å². The van der Waals surface area contributed by atoms with Crippen molar-refractivity contribution in [3.63, 3.8) is 0 Å². The molecule has 17 heavy (non-hydrogen) atoms. The largest absolute Gasteiger partial charge is 0.388 e. The van der Waals surface area contributed by atoms with E-state index < -0.39 is 5.60 Å². The van der Waals surface area contributed by atoms with Crippen molar-refractivity contribution >= 4 is 0 Å². The van der Waals surface area contributed by atoms with Crippen LogP contribution in [0.4, 0.5) is 0 Å². The monoisotopic (exact) mass is 242 g/mol. The first-order valence-electron chi connectivity index (χ1n) is 7.11. The Morgan fingerprint density at radius 1 is 1.47 bits per heavy atom. The molecule has 0 aromatic heterocycles. The van der Waals surface area contributed by atoms with Crippen molar-refractivity contribution in [1.29, 1.82) is 0 Å². The van der Waals surface area contributed by atoms with Crippen LogP contribution in [0.3, 0.4) is 0 Å². The predicted octanol–water partition coefficient (Wildman–Crippen LogP) is 1.86. The predicted molar refractivity (Wildman–Crippen MR) is 73.2 cm³/mol. The standard InChI is InChI=1S/C14H30N2O/c1-5-6-13-7-8-16(9-13)11-14(4,17)10-15-12(2)3/h12-13,15,17H,5-11H2,1-4H3. The highest BCUT2D eigenvalue weighted by Crippen LogP contribution is 2.22. The Hall–Kier alpha value is -0.120. The third-order valence-electron chi connectivity index (χ3n) is 3.52. The molecule has 1 saturated heterocycles. The van der Waals surface area contributed by atoms with Crippen LogP contribution in [0.25, 0.3) is 0 Å². The van der Waals surface area contributed by atoms with Gasteiger partial charge >= 0.3 is 0 Å². The van der Waals surface area contributed by atoms with Crippen LogP contribution in [0, 0.1) is 5.92 Å². The average molecular weight is 242 g/mol. The van der Waals surface area contributed by atoms with E-state index in [4.69, 9.17) is 0 Å². The zero-order valence-electron chi connectivity index (χ0n) is 12.0. The first-order valence-corrected chi connectivity index (χ1v) is 7.11. The van der Waals surface area contributed by atoms with Gasteiger partial charge in [-0.15, -0.1) is 0 Å². The molecule has 0 radical (unpaired) electrons. The van der Waals surface area contributed by atoms with Crippen LogP contribution in [0.5, 0.6) is 0 Å². The topological polar surface area (TPSA) is 35.5 Å². The number of β-amino-alcohol motifs (C(OH)–C–C–N with tert-alkyl or cyclic N) is 1. The smallest absolute Gasteiger partial charge is 0.0869 e. The normalized spacial score (nSPS) is 25.4. The first kappa shape index (κ1) is 14.9. The summed E-state index contributed by atoms with van der Waals surface area (Å²) in [6.45, 7) is 12.2. The fourth-order valence-electron chi connectivity index (χ4n) is 2.66. The molecule has 0 aromatic carbocycles. The maximum Gasteiger partial charge on any atom is 0.0869 e. The van der Waals surface area contributed by atoms with E-state index in [0.29, 0.717) is 12.6 Å². The molecule has 0 amide bonds. The Morgan fingerprint density at radius 3 is 2.76 bits per heavy atom. The number of rotatable bonds is 7. The Balaban J connectivity index is 2.28. The molecule has 1 aliphatic rings. The minimum atomic E-state index is -0.606. The van der Waals surface area contributed by atoms with Gasteiger partial charge in [0.1, 0.15) is 0 Å². The minimum Gasteiger partial charge on any atom is -0.388 e. The molecule has 0 bridgehead atoms. The summed E-state index contributed by atoms with van der Waals surface area (Å²) in [4.78, 5) is 2.42. The lowest BCUT2D eigenvalue weighted by molar-refractivity contribution is 0.0242. The number of aliphatic hydroxyl groups is 1. The van der Waals surface area contributed by atoms with E-state index in [-0.39, 0.29) is 0 Å². The second kappa shape index (κ2) is 6.72. The van der Waals surface area contributed by atoms with E-state index in [1.807, 2.05) is 6.92 Å². The van der Waals surface area contributed by atoms with E-state index in [9.17, 15) is 5.11 Å². The Kier molecular flexibility index (Phi) is 5.90. The molecule has 1 heterocycles. The van der Waals surface area contributed by atoms with Crippen molar-refractivity contribution < 1.29 is 5.11 Å². The van der Waals surface area contributed by atoms with Crippen LogP contribution in [0.2, 0.25) is 0 Å². The maximum absolute atomic E-state index is 10.3. The van der Waals surface area contributed by atoms with E-state index in [0.717, 1.165) is 19.0 Å². The first-order chi connectivity index (χ1) is 7.93. The third-order valence-corrected chi connectivity index (χ3v) is 3.52. The minimum absolute atomic E-state index is 0.438. The van der Waals surface area contributed by atoms with Crippen molar-refractivity contribution in [1.82, 2.24) is 10.2 Å². The maximum atomic E-state index is 10.3. The quantitative estimate of drug-likeness (QED) is 0.715.